The summed E-state index contributed by atoms with van der Waals surface area (Å²) in [6.07, 6.45) is -0.362. The van der Waals surface area contributed by atoms with Crippen LogP contribution in [-0.4, -0.2) is 23.6 Å². The minimum absolute atomic E-state index is 0.362. The normalized spacial score (nSPS) is 13.5. The van der Waals surface area contributed by atoms with E-state index in [0.717, 1.165) is 0 Å². The van der Waals surface area contributed by atoms with Crippen molar-refractivity contribution in [2.75, 3.05) is 0 Å². The van der Waals surface area contributed by atoms with Gasteiger partial charge in [0.1, 0.15) is 5.60 Å². The highest BCUT2D eigenvalue weighted by molar-refractivity contribution is 5.80. The average molecular weight is 188 g/mol. The first-order valence-corrected chi connectivity index (χ1v) is 3.90. The number of esters is 1. The quantitative estimate of drug-likeness (QED) is 0.561. The summed E-state index contributed by atoms with van der Waals surface area (Å²) in [5, 5.41) is 10.2. The third-order valence-electron chi connectivity index (χ3n) is 1.11. The molecule has 0 amide bonds. The third kappa shape index (κ3) is 6.10. The SMILES string of the molecule is CC(C)(C)OC(=O)C[C@@H](N)C(=O)[O-]. The van der Waals surface area contributed by atoms with Crippen molar-refractivity contribution in [2.45, 2.75) is 38.8 Å². The van der Waals surface area contributed by atoms with E-state index < -0.39 is 23.6 Å². The van der Waals surface area contributed by atoms with E-state index >= 15 is 0 Å². The van der Waals surface area contributed by atoms with Crippen LogP contribution in [0.5, 0.6) is 0 Å². The van der Waals surface area contributed by atoms with Gasteiger partial charge >= 0.3 is 5.97 Å². The Morgan fingerprint density at radius 2 is 1.92 bits per heavy atom. The monoisotopic (exact) mass is 188 g/mol. The van der Waals surface area contributed by atoms with Crippen molar-refractivity contribution in [2.24, 2.45) is 5.73 Å². The van der Waals surface area contributed by atoms with Crippen LogP contribution in [0, 0.1) is 0 Å². The van der Waals surface area contributed by atoms with Crippen LogP contribution in [0.2, 0.25) is 0 Å². The molecule has 0 rings (SSSR count). The number of carbonyl (C=O) groups is 2. The Morgan fingerprint density at radius 1 is 1.46 bits per heavy atom. The first-order chi connectivity index (χ1) is 5.72. The molecule has 0 saturated heterocycles. The van der Waals surface area contributed by atoms with Gasteiger partial charge in [0.25, 0.3) is 0 Å². The summed E-state index contributed by atoms with van der Waals surface area (Å²) in [5.41, 5.74) is 4.45. The first-order valence-electron chi connectivity index (χ1n) is 3.90. The molecule has 5 nitrogen and oxygen atoms in total. The van der Waals surface area contributed by atoms with E-state index in [1.165, 1.54) is 0 Å². The Morgan fingerprint density at radius 3 is 2.23 bits per heavy atom. The molecule has 2 N–H and O–H groups in total. The third-order valence-corrected chi connectivity index (χ3v) is 1.11. The maximum Gasteiger partial charge on any atom is 0.308 e. The van der Waals surface area contributed by atoms with Gasteiger partial charge in [-0.3, -0.25) is 4.79 Å². The van der Waals surface area contributed by atoms with Crippen LogP contribution in [0.4, 0.5) is 0 Å². The molecule has 0 aromatic rings. The fourth-order valence-electron chi connectivity index (χ4n) is 0.646. The Bertz CT molecular complexity index is 207. The van der Waals surface area contributed by atoms with E-state index in [-0.39, 0.29) is 6.42 Å². The van der Waals surface area contributed by atoms with E-state index in [0.29, 0.717) is 0 Å². The fourth-order valence-corrected chi connectivity index (χ4v) is 0.646. The zero-order chi connectivity index (χ0) is 10.6. The lowest BCUT2D eigenvalue weighted by Crippen LogP contribution is -2.44. The van der Waals surface area contributed by atoms with Gasteiger partial charge in [0.05, 0.1) is 18.4 Å². The maximum absolute atomic E-state index is 11.0. The molecule has 5 heteroatoms. The van der Waals surface area contributed by atoms with Crippen LogP contribution in [0.15, 0.2) is 0 Å². The zero-order valence-electron chi connectivity index (χ0n) is 7.99. The first kappa shape index (κ1) is 11.9. The minimum atomic E-state index is -1.45. The number of aliphatic carboxylic acids is 1. The molecule has 76 valence electrons. The molecule has 0 aliphatic carbocycles. The van der Waals surface area contributed by atoms with Crippen molar-refractivity contribution in [3.8, 4) is 0 Å². The second-order valence-corrected chi connectivity index (χ2v) is 3.72. The van der Waals surface area contributed by atoms with Gasteiger partial charge in [-0.15, -0.1) is 0 Å². The summed E-state index contributed by atoms with van der Waals surface area (Å²) < 4.78 is 4.85. The summed E-state index contributed by atoms with van der Waals surface area (Å²) >= 11 is 0. The molecule has 0 saturated carbocycles. The van der Waals surface area contributed by atoms with Gasteiger partial charge in [0.15, 0.2) is 0 Å². The second-order valence-electron chi connectivity index (χ2n) is 3.72. The summed E-state index contributed by atoms with van der Waals surface area (Å²) in [6, 6.07) is -1.30. The lowest BCUT2D eigenvalue weighted by molar-refractivity contribution is -0.307. The maximum atomic E-state index is 11.0. The summed E-state index contributed by atoms with van der Waals surface area (Å²) in [5.74, 6) is -2.09. The van der Waals surface area contributed by atoms with E-state index in [2.05, 4.69) is 0 Å². The van der Waals surface area contributed by atoms with Gasteiger partial charge in [-0.25, -0.2) is 0 Å². The molecule has 0 aliphatic heterocycles. The van der Waals surface area contributed by atoms with E-state index in [1.807, 2.05) is 0 Å². The van der Waals surface area contributed by atoms with Crippen LogP contribution in [0.1, 0.15) is 27.2 Å². The Balaban J connectivity index is 3.96. The van der Waals surface area contributed by atoms with Crippen molar-refractivity contribution in [3.05, 3.63) is 0 Å². The minimum Gasteiger partial charge on any atom is -0.548 e. The van der Waals surface area contributed by atoms with E-state index in [1.54, 1.807) is 20.8 Å². The molecule has 0 spiro atoms. The number of nitrogens with two attached hydrogens (primary N) is 1. The van der Waals surface area contributed by atoms with Crippen molar-refractivity contribution in [1.82, 2.24) is 0 Å². The molecule has 0 aliphatic rings. The lowest BCUT2D eigenvalue weighted by atomic mass is 10.2. The summed E-state index contributed by atoms with van der Waals surface area (Å²) in [7, 11) is 0. The fraction of sp³-hybridized carbons (Fsp3) is 0.750. The number of hydrogen-bond donors (Lipinski definition) is 1. The molecule has 1 atom stereocenters. The molecular formula is C8H14NO4-. The van der Waals surface area contributed by atoms with Crippen LogP contribution in [0.3, 0.4) is 0 Å². The van der Waals surface area contributed by atoms with Crippen molar-refractivity contribution in [1.29, 1.82) is 0 Å². The van der Waals surface area contributed by atoms with Gasteiger partial charge in [0, 0.05) is 0 Å². The average Bonchev–Trinajstić information content (AvgIpc) is 1.81. The van der Waals surface area contributed by atoms with Crippen molar-refractivity contribution >= 4 is 11.9 Å². The summed E-state index contributed by atoms with van der Waals surface area (Å²) in [6.45, 7) is 5.07. The molecule has 0 unspecified atom stereocenters. The molecule has 0 bridgehead atoms. The Labute approximate surface area is 76.9 Å². The standard InChI is InChI=1S/C8H15NO4/c1-8(2,3)13-6(10)4-5(9)7(11)12/h5H,4,9H2,1-3H3,(H,11,12)/p-1/t5-/m1/s1. The second kappa shape index (κ2) is 4.23. The van der Waals surface area contributed by atoms with E-state index in [9.17, 15) is 14.7 Å². The van der Waals surface area contributed by atoms with Gasteiger partial charge in [-0.05, 0) is 20.8 Å². The molecule has 0 aromatic heterocycles. The molecule has 0 radical (unpaired) electrons. The number of carboxylic acids is 1. The Kier molecular flexibility index (Phi) is 3.87. The smallest absolute Gasteiger partial charge is 0.308 e. The van der Waals surface area contributed by atoms with Crippen LogP contribution in [-0.2, 0) is 14.3 Å². The zero-order valence-corrected chi connectivity index (χ0v) is 7.99. The number of rotatable bonds is 3. The largest absolute Gasteiger partial charge is 0.548 e. The van der Waals surface area contributed by atoms with Crippen LogP contribution in [0.25, 0.3) is 0 Å². The van der Waals surface area contributed by atoms with Gasteiger partial charge in [-0.2, -0.15) is 0 Å². The molecule has 0 fully saturated rings. The highest BCUT2D eigenvalue weighted by Crippen LogP contribution is 2.08. The molecule has 0 heterocycles. The molecular weight excluding hydrogens is 174 g/mol. The molecule has 0 aromatic carbocycles. The van der Waals surface area contributed by atoms with Crippen molar-refractivity contribution < 1.29 is 19.4 Å². The highest BCUT2D eigenvalue weighted by Gasteiger charge is 2.18. The van der Waals surface area contributed by atoms with Gasteiger partial charge in [-0.1, -0.05) is 0 Å². The molecule has 13 heavy (non-hydrogen) atoms. The van der Waals surface area contributed by atoms with Gasteiger partial charge < -0.3 is 20.4 Å². The van der Waals surface area contributed by atoms with Crippen LogP contribution < -0.4 is 10.8 Å². The number of ether oxygens (including phenoxy) is 1. The predicted molar refractivity (Wildman–Crippen MR) is 43.4 cm³/mol. The van der Waals surface area contributed by atoms with E-state index in [4.69, 9.17) is 10.5 Å². The summed E-state index contributed by atoms with van der Waals surface area (Å²) in [4.78, 5) is 21.1. The highest BCUT2D eigenvalue weighted by atomic mass is 16.6. The number of carbonyl (C=O) groups excluding carboxylic acids is 2. The number of hydrogen-bond acceptors (Lipinski definition) is 5. The topological polar surface area (TPSA) is 92.5 Å². The predicted octanol–water partition coefficient (Wildman–Crippen LogP) is -1.20. The van der Waals surface area contributed by atoms with Crippen molar-refractivity contribution in [3.63, 3.8) is 0 Å². The Hall–Kier alpha value is -1.10. The number of carboxylic acid groups (broad SMARTS) is 1. The lowest BCUT2D eigenvalue weighted by Gasteiger charge is -2.21. The van der Waals surface area contributed by atoms with Gasteiger partial charge in [0.2, 0.25) is 0 Å². The van der Waals surface area contributed by atoms with Crippen LogP contribution >= 0.6 is 0 Å².